The van der Waals surface area contributed by atoms with Crippen LogP contribution in [0.15, 0.2) is 61.2 Å². The molecule has 2 aromatic rings. The van der Waals surface area contributed by atoms with Crippen LogP contribution >= 0.6 is 12.6 Å². The van der Waals surface area contributed by atoms with Crippen LogP contribution < -0.4 is 10.6 Å². The molecule has 0 aromatic heterocycles. The topological polar surface area (TPSA) is 87.7 Å². The van der Waals surface area contributed by atoms with E-state index in [1.807, 2.05) is 75.4 Å². The monoisotopic (exact) mass is 525 g/mol. The van der Waals surface area contributed by atoms with Crippen molar-refractivity contribution in [1.82, 2.24) is 15.5 Å². The molecule has 0 bridgehead atoms. The molecule has 2 atom stereocenters. The van der Waals surface area contributed by atoms with E-state index in [2.05, 4.69) is 29.8 Å². The van der Waals surface area contributed by atoms with Crippen molar-refractivity contribution in [3.63, 3.8) is 0 Å². The summed E-state index contributed by atoms with van der Waals surface area (Å²) >= 11 is 4.33. The van der Waals surface area contributed by atoms with Gasteiger partial charge in [0.25, 0.3) is 0 Å². The average Bonchev–Trinajstić information content (AvgIpc) is 2.82. The molecule has 2 aromatic carbocycles. The van der Waals surface area contributed by atoms with Crippen molar-refractivity contribution in [1.29, 1.82) is 0 Å². The molecule has 2 N–H and O–H groups in total. The van der Waals surface area contributed by atoms with Crippen LogP contribution in [0, 0.1) is 0 Å². The van der Waals surface area contributed by atoms with Crippen molar-refractivity contribution in [2.45, 2.75) is 71.3 Å². The molecule has 200 valence electrons. The van der Waals surface area contributed by atoms with Crippen molar-refractivity contribution in [2.75, 3.05) is 5.75 Å². The van der Waals surface area contributed by atoms with Crippen molar-refractivity contribution in [3.05, 3.63) is 77.9 Å². The van der Waals surface area contributed by atoms with E-state index in [0.717, 1.165) is 11.1 Å². The molecule has 8 heteroatoms. The fraction of sp³-hybridized carbons (Fsp3) is 0.414. The van der Waals surface area contributed by atoms with Crippen LogP contribution in [0.25, 0.3) is 6.08 Å². The summed E-state index contributed by atoms with van der Waals surface area (Å²) in [6, 6.07) is 14.9. The molecule has 3 amide bonds. The van der Waals surface area contributed by atoms with Crippen molar-refractivity contribution in [3.8, 4) is 0 Å². The number of nitrogens with zero attached hydrogens (tertiary/aromatic N) is 1. The number of benzene rings is 2. The molecule has 0 aliphatic heterocycles. The Morgan fingerprint density at radius 1 is 1.03 bits per heavy atom. The van der Waals surface area contributed by atoms with E-state index in [4.69, 9.17) is 4.74 Å². The second-order valence-electron chi connectivity index (χ2n) is 10.7. The van der Waals surface area contributed by atoms with Gasteiger partial charge in [0.05, 0.1) is 0 Å². The Hall–Kier alpha value is -3.26. The first-order chi connectivity index (χ1) is 17.3. The molecule has 0 fully saturated rings. The lowest BCUT2D eigenvalue weighted by molar-refractivity contribution is -0.148. The van der Waals surface area contributed by atoms with Gasteiger partial charge in [-0.2, -0.15) is 12.6 Å². The van der Waals surface area contributed by atoms with Crippen LogP contribution in [0.1, 0.15) is 64.3 Å². The third kappa shape index (κ3) is 8.97. The normalized spacial score (nSPS) is 13.2. The molecule has 0 heterocycles. The van der Waals surface area contributed by atoms with Crippen molar-refractivity contribution < 1.29 is 19.1 Å². The number of nitrogens with one attached hydrogen (secondary N) is 2. The summed E-state index contributed by atoms with van der Waals surface area (Å²) in [7, 11) is 0. The molecule has 7 nitrogen and oxygen atoms in total. The van der Waals surface area contributed by atoms with E-state index in [9.17, 15) is 14.4 Å². The van der Waals surface area contributed by atoms with E-state index in [-0.39, 0.29) is 11.7 Å². The van der Waals surface area contributed by atoms with Gasteiger partial charge >= 0.3 is 6.09 Å². The smallest absolute Gasteiger partial charge is 0.408 e. The Labute approximate surface area is 226 Å². The number of carbonyl (C=O) groups excluding carboxylic acids is 3. The summed E-state index contributed by atoms with van der Waals surface area (Å²) in [5, 5.41) is 5.61. The standard InChI is InChI=1S/C29H39N3O4S/c1-8-20-15-12-16-22(17-20)24(25(33)30-18-21-13-10-9-11-14-21)32(28(2,3)4)26(34)23(19-37)31-27(35)36-29(5,6)7/h8-17,23-24,37H,1,18-19H2,2-7H3,(H,30,33)(H,31,35). The number of ether oxygens (including phenoxy) is 1. The van der Waals surface area contributed by atoms with Gasteiger partial charge in [0.15, 0.2) is 0 Å². The van der Waals surface area contributed by atoms with Gasteiger partial charge in [-0.05, 0) is 64.3 Å². The number of carbonyl (C=O) groups is 3. The number of hydrogen-bond donors (Lipinski definition) is 3. The molecule has 0 radical (unpaired) electrons. The summed E-state index contributed by atoms with van der Waals surface area (Å²) < 4.78 is 5.35. The zero-order chi connectivity index (χ0) is 27.8. The van der Waals surface area contributed by atoms with Gasteiger partial charge in [-0.3, -0.25) is 9.59 Å². The average molecular weight is 526 g/mol. The highest BCUT2D eigenvalue weighted by molar-refractivity contribution is 7.80. The lowest BCUT2D eigenvalue weighted by Gasteiger charge is -2.43. The summed E-state index contributed by atoms with van der Waals surface area (Å²) in [5.41, 5.74) is 0.858. The van der Waals surface area contributed by atoms with E-state index in [1.54, 1.807) is 26.8 Å². The molecular formula is C29H39N3O4S. The Bertz CT molecular complexity index is 1090. The summed E-state index contributed by atoms with van der Waals surface area (Å²) in [6.45, 7) is 14.9. The molecule has 0 spiro atoms. The highest BCUT2D eigenvalue weighted by Crippen LogP contribution is 2.31. The van der Waals surface area contributed by atoms with Crippen LogP contribution in [-0.4, -0.2) is 45.7 Å². The van der Waals surface area contributed by atoms with Gasteiger partial charge < -0.3 is 20.3 Å². The van der Waals surface area contributed by atoms with Crippen molar-refractivity contribution >= 4 is 36.6 Å². The molecule has 2 rings (SSSR count). The van der Waals surface area contributed by atoms with Crippen LogP contribution in [0.3, 0.4) is 0 Å². The molecule has 0 saturated carbocycles. The minimum absolute atomic E-state index is 0.0235. The van der Waals surface area contributed by atoms with Crippen LogP contribution in [0.4, 0.5) is 4.79 Å². The number of rotatable bonds is 9. The third-order valence-corrected chi connectivity index (χ3v) is 5.78. The van der Waals surface area contributed by atoms with Gasteiger partial charge in [0.2, 0.25) is 11.8 Å². The minimum atomic E-state index is -1.01. The van der Waals surface area contributed by atoms with E-state index in [0.29, 0.717) is 12.1 Å². The number of thiol groups is 1. The van der Waals surface area contributed by atoms with E-state index >= 15 is 0 Å². The third-order valence-electron chi connectivity index (χ3n) is 5.41. The second kappa shape index (κ2) is 12.8. The van der Waals surface area contributed by atoms with E-state index < -0.39 is 35.2 Å². The molecule has 0 aliphatic carbocycles. The van der Waals surface area contributed by atoms with Gasteiger partial charge in [-0.1, -0.05) is 61.2 Å². The maximum absolute atomic E-state index is 14.0. The Balaban J connectivity index is 2.49. The first-order valence-electron chi connectivity index (χ1n) is 12.2. The number of amides is 3. The number of alkyl carbamates (subject to hydrolysis) is 1. The highest BCUT2D eigenvalue weighted by atomic mass is 32.1. The molecule has 2 unspecified atom stereocenters. The molecule has 0 aliphatic rings. The maximum Gasteiger partial charge on any atom is 0.408 e. The Morgan fingerprint density at radius 3 is 2.22 bits per heavy atom. The fourth-order valence-electron chi connectivity index (χ4n) is 3.80. The minimum Gasteiger partial charge on any atom is -0.444 e. The highest BCUT2D eigenvalue weighted by Gasteiger charge is 2.41. The summed E-state index contributed by atoms with van der Waals surface area (Å²) in [5.74, 6) is -0.767. The molecular weight excluding hydrogens is 486 g/mol. The summed E-state index contributed by atoms with van der Waals surface area (Å²) in [6.07, 6.45) is 0.958. The quantitative estimate of drug-likeness (QED) is 0.396. The zero-order valence-corrected chi connectivity index (χ0v) is 23.5. The first-order valence-corrected chi connectivity index (χ1v) is 12.9. The molecule has 37 heavy (non-hydrogen) atoms. The van der Waals surface area contributed by atoms with Crippen molar-refractivity contribution in [2.24, 2.45) is 0 Å². The predicted molar refractivity (Wildman–Crippen MR) is 151 cm³/mol. The second-order valence-corrected chi connectivity index (χ2v) is 11.1. The van der Waals surface area contributed by atoms with Gasteiger partial charge in [-0.15, -0.1) is 0 Å². The summed E-state index contributed by atoms with van der Waals surface area (Å²) in [4.78, 5) is 41.7. The van der Waals surface area contributed by atoms with Gasteiger partial charge in [0, 0.05) is 17.8 Å². The SMILES string of the molecule is C=Cc1cccc(C(C(=O)NCc2ccccc2)N(C(=O)C(CS)NC(=O)OC(C)(C)C)C(C)(C)C)c1. The Kier molecular flexibility index (Phi) is 10.4. The maximum atomic E-state index is 14.0. The molecule has 0 saturated heterocycles. The number of hydrogen-bond acceptors (Lipinski definition) is 5. The zero-order valence-electron chi connectivity index (χ0n) is 22.6. The van der Waals surface area contributed by atoms with E-state index in [1.165, 1.54) is 4.90 Å². The fourth-order valence-corrected chi connectivity index (χ4v) is 4.05. The predicted octanol–water partition coefficient (Wildman–Crippen LogP) is 5.14. The lowest BCUT2D eigenvalue weighted by Crippen LogP contribution is -2.59. The van der Waals surface area contributed by atoms with Gasteiger partial charge in [-0.25, -0.2) is 4.79 Å². The first kappa shape index (κ1) is 30.0. The largest absolute Gasteiger partial charge is 0.444 e. The van der Waals surface area contributed by atoms with Gasteiger partial charge in [0.1, 0.15) is 17.7 Å². The van der Waals surface area contributed by atoms with Crippen LogP contribution in [0.2, 0.25) is 0 Å². The van der Waals surface area contributed by atoms with Crippen LogP contribution in [-0.2, 0) is 20.9 Å². The Morgan fingerprint density at radius 2 is 1.68 bits per heavy atom. The van der Waals surface area contributed by atoms with Crippen LogP contribution in [0.5, 0.6) is 0 Å². The lowest BCUT2D eigenvalue weighted by atomic mass is 9.94.